The number of carboxylic acids is 1. The highest BCUT2D eigenvalue weighted by atomic mass is 35.5. The highest BCUT2D eigenvalue weighted by Crippen LogP contribution is 2.37. The van der Waals surface area contributed by atoms with Crippen LogP contribution in [0.25, 0.3) is 0 Å². The van der Waals surface area contributed by atoms with Crippen LogP contribution in [0.2, 0.25) is 5.02 Å². The first-order valence-corrected chi connectivity index (χ1v) is 6.94. The van der Waals surface area contributed by atoms with Crippen LogP contribution >= 0.6 is 11.6 Å². The molecule has 1 fully saturated rings. The number of ether oxygens (including phenoxy) is 2. The molecule has 0 spiro atoms. The molecule has 2 rings (SSSR count). The second kappa shape index (κ2) is 6.81. The molecular weight excluding hydrogens is 282 g/mol. The molecule has 0 aliphatic carbocycles. The maximum Gasteiger partial charge on any atom is 0.335 e. The minimum atomic E-state index is -1.05. The first kappa shape index (κ1) is 14.9. The number of carboxylic acid groups (broad SMARTS) is 1. The van der Waals surface area contributed by atoms with Crippen LogP contribution < -0.4 is 14.8 Å². The molecule has 1 aromatic carbocycles. The summed E-state index contributed by atoms with van der Waals surface area (Å²) in [6, 6.07) is 2.80. The third kappa shape index (κ3) is 3.55. The number of aromatic carboxylic acids is 1. The maximum absolute atomic E-state index is 11.0. The average molecular weight is 300 g/mol. The minimum absolute atomic E-state index is 0.0843. The lowest BCUT2D eigenvalue weighted by Crippen LogP contribution is -2.30. The third-order valence-electron chi connectivity index (χ3n) is 3.40. The van der Waals surface area contributed by atoms with Crippen molar-refractivity contribution in [3.8, 4) is 11.5 Å². The number of hydrogen-bond acceptors (Lipinski definition) is 4. The highest BCUT2D eigenvalue weighted by Gasteiger charge is 2.18. The molecule has 1 aromatic rings. The second-order valence-corrected chi connectivity index (χ2v) is 5.21. The molecule has 0 amide bonds. The van der Waals surface area contributed by atoms with E-state index in [2.05, 4.69) is 5.32 Å². The van der Waals surface area contributed by atoms with E-state index in [0.717, 1.165) is 25.9 Å². The van der Waals surface area contributed by atoms with Gasteiger partial charge in [0.15, 0.2) is 11.5 Å². The summed E-state index contributed by atoms with van der Waals surface area (Å²) in [6.07, 6.45) is 2.13. The predicted octanol–water partition coefficient (Wildman–Crippen LogP) is 2.43. The largest absolute Gasteiger partial charge is 0.493 e. The van der Waals surface area contributed by atoms with Crippen molar-refractivity contribution in [3.05, 3.63) is 22.7 Å². The first-order valence-electron chi connectivity index (χ1n) is 6.56. The van der Waals surface area contributed by atoms with E-state index >= 15 is 0 Å². The molecule has 0 bridgehead atoms. The van der Waals surface area contributed by atoms with Crippen molar-refractivity contribution in [1.29, 1.82) is 0 Å². The Morgan fingerprint density at radius 1 is 1.45 bits per heavy atom. The van der Waals surface area contributed by atoms with Crippen molar-refractivity contribution in [3.63, 3.8) is 0 Å². The minimum Gasteiger partial charge on any atom is -0.493 e. The maximum atomic E-state index is 11.0. The van der Waals surface area contributed by atoms with Crippen molar-refractivity contribution in [1.82, 2.24) is 5.32 Å². The molecule has 1 saturated heterocycles. The molecule has 5 nitrogen and oxygen atoms in total. The van der Waals surface area contributed by atoms with E-state index in [9.17, 15) is 4.79 Å². The smallest absolute Gasteiger partial charge is 0.335 e. The van der Waals surface area contributed by atoms with Gasteiger partial charge in [-0.2, -0.15) is 0 Å². The van der Waals surface area contributed by atoms with E-state index in [1.54, 1.807) is 0 Å². The highest BCUT2D eigenvalue weighted by molar-refractivity contribution is 6.32. The standard InChI is InChI=1S/C14H18ClNO4/c1-19-12-7-10(14(17)18)6-11(15)13(12)20-8-9-2-4-16-5-3-9/h6-7,9,16H,2-5,8H2,1H3,(H,17,18). The molecule has 110 valence electrons. The first-order chi connectivity index (χ1) is 9.61. The van der Waals surface area contributed by atoms with Gasteiger partial charge in [-0.05, 0) is 44.0 Å². The van der Waals surface area contributed by atoms with Crippen LogP contribution in [0.5, 0.6) is 11.5 Å². The van der Waals surface area contributed by atoms with Gasteiger partial charge in [-0.3, -0.25) is 0 Å². The van der Waals surface area contributed by atoms with Crippen LogP contribution in [0.3, 0.4) is 0 Å². The van der Waals surface area contributed by atoms with Crippen molar-refractivity contribution in [2.24, 2.45) is 5.92 Å². The quantitative estimate of drug-likeness (QED) is 0.874. The Balaban J connectivity index is 2.11. The Bertz CT molecular complexity index is 486. The van der Waals surface area contributed by atoms with Gasteiger partial charge in [0, 0.05) is 0 Å². The summed E-state index contributed by atoms with van der Waals surface area (Å²) in [5.74, 6) is 0.202. The van der Waals surface area contributed by atoms with Gasteiger partial charge >= 0.3 is 5.97 Å². The number of nitrogens with one attached hydrogen (secondary N) is 1. The molecule has 6 heteroatoms. The molecule has 0 aromatic heterocycles. The van der Waals surface area contributed by atoms with Crippen LogP contribution in [0, 0.1) is 5.92 Å². The molecule has 1 aliphatic rings. The van der Waals surface area contributed by atoms with Gasteiger partial charge in [0.2, 0.25) is 0 Å². The van der Waals surface area contributed by atoms with Crippen LogP contribution in [0.1, 0.15) is 23.2 Å². The normalized spacial score (nSPS) is 15.9. The summed E-state index contributed by atoms with van der Waals surface area (Å²) in [4.78, 5) is 11.0. The van der Waals surface area contributed by atoms with E-state index in [-0.39, 0.29) is 10.6 Å². The number of rotatable bonds is 5. The molecule has 0 saturated carbocycles. The van der Waals surface area contributed by atoms with Crippen LogP contribution in [-0.4, -0.2) is 37.9 Å². The van der Waals surface area contributed by atoms with E-state index in [1.807, 2.05) is 0 Å². The second-order valence-electron chi connectivity index (χ2n) is 4.80. The summed E-state index contributed by atoms with van der Waals surface area (Å²) in [6.45, 7) is 2.55. The van der Waals surface area contributed by atoms with Gasteiger partial charge in [-0.25, -0.2) is 4.79 Å². The fraction of sp³-hybridized carbons (Fsp3) is 0.500. The van der Waals surface area contributed by atoms with E-state index in [0.29, 0.717) is 24.0 Å². The van der Waals surface area contributed by atoms with Gasteiger partial charge in [0.25, 0.3) is 0 Å². The molecular formula is C14H18ClNO4. The van der Waals surface area contributed by atoms with Crippen molar-refractivity contribution in [2.75, 3.05) is 26.8 Å². The number of methoxy groups -OCH3 is 1. The molecule has 0 radical (unpaired) electrons. The van der Waals surface area contributed by atoms with Gasteiger partial charge in [-0.15, -0.1) is 0 Å². The Hall–Kier alpha value is -1.46. The van der Waals surface area contributed by atoms with Crippen molar-refractivity contribution in [2.45, 2.75) is 12.8 Å². The lowest BCUT2D eigenvalue weighted by Gasteiger charge is -2.23. The monoisotopic (exact) mass is 299 g/mol. The fourth-order valence-corrected chi connectivity index (χ4v) is 2.50. The molecule has 0 unspecified atom stereocenters. The molecule has 1 heterocycles. The SMILES string of the molecule is COc1cc(C(=O)O)cc(Cl)c1OCC1CCNCC1. The molecule has 0 atom stereocenters. The average Bonchev–Trinajstić information content (AvgIpc) is 2.46. The summed E-state index contributed by atoms with van der Waals surface area (Å²) >= 11 is 6.09. The topological polar surface area (TPSA) is 67.8 Å². The van der Waals surface area contributed by atoms with Gasteiger partial charge in [-0.1, -0.05) is 11.6 Å². The zero-order valence-corrected chi connectivity index (χ0v) is 12.1. The molecule has 1 aliphatic heterocycles. The molecule has 20 heavy (non-hydrogen) atoms. The lowest BCUT2D eigenvalue weighted by atomic mass is 9.99. The Morgan fingerprint density at radius 2 is 2.15 bits per heavy atom. The fourth-order valence-electron chi connectivity index (χ4n) is 2.23. The van der Waals surface area contributed by atoms with Crippen LogP contribution in [-0.2, 0) is 0 Å². The van der Waals surface area contributed by atoms with Crippen molar-refractivity contribution >= 4 is 17.6 Å². The number of hydrogen-bond donors (Lipinski definition) is 2. The van der Waals surface area contributed by atoms with E-state index in [4.69, 9.17) is 26.2 Å². The third-order valence-corrected chi connectivity index (χ3v) is 3.68. The molecule has 2 N–H and O–H groups in total. The summed E-state index contributed by atoms with van der Waals surface area (Å²) in [7, 11) is 1.47. The van der Waals surface area contributed by atoms with E-state index in [1.165, 1.54) is 19.2 Å². The lowest BCUT2D eigenvalue weighted by molar-refractivity contribution is 0.0696. The Morgan fingerprint density at radius 3 is 2.75 bits per heavy atom. The van der Waals surface area contributed by atoms with Crippen molar-refractivity contribution < 1.29 is 19.4 Å². The predicted molar refractivity (Wildman–Crippen MR) is 76.1 cm³/mol. The summed E-state index contributed by atoms with van der Waals surface area (Å²) in [5, 5.41) is 12.5. The number of carbonyl (C=O) groups is 1. The summed E-state index contributed by atoms with van der Waals surface area (Å²) in [5.41, 5.74) is 0.0843. The Kier molecular flexibility index (Phi) is 5.09. The van der Waals surface area contributed by atoms with Crippen LogP contribution in [0.4, 0.5) is 0 Å². The number of piperidine rings is 1. The zero-order chi connectivity index (χ0) is 14.5. The summed E-state index contributed by atoms with van der Waals surface area (Å²) < 4.78 is 10.9. The van der Waals surface area contributed by atoms with E-state index < -0.39 is 5.97 Å². The van der Waals surface area contributed by atoms with Gasteiger partial charge in [0.1, 0.15) is 0 Å². The van der Waals surface area contributed by atoms with Gasteiger partial charge in [0.05, 0.1) is 24.3 Å². The van der Waals surface area contributed by atoms with Gasteiger partial charge < -0.3 is 19.9 Å². The Labute approximate surface area is 122 Å². The number of halogens is 1. The zero-order valence-electron chi connectivity index (χ0n) is 11.3. The number of benzene rings is 1. The van der Waals surface area contributed by atoms with Crippen LogP contribution in [0.15, 0.2) is 12.1 Å².